The summed E-state index contributed by atoms with van der Waals surface area (Å²) in [6.07, 6.45) is 6.40. The van der Waals surface area contributed by atoms with Gasteiger partial charge >= 0.3 is 0 Å². The number of nitrogens with one attached hydrogen (secondary N) is 1. The van der Waals surface area contributed by atoms with Gasteiger partial charge in [0.25, 0.3) is 0 Å². The van der Waals surface area contributed by atoms with Gasteiger partial charge in [-0.05, 0) is 37.1 Å². The molecule has 3 heteroatoms. The van der Waals surface area contributed by atoms with Gasteiger partial charge in [0.05, 0.1) is 0 Å². The number of carbonyl (C=O) groups excluding carboxylic acids is 1. The Morgan fingerprint density at radius 2 is 2.18 bits per heavy atom. The van der Waals surface area contributed by atoms with Crippen LogP contribution in [0.3, 0.4) is 0 Å². The van der Waals surface area contributed by atoms with Crippen molar-refractivity contribution in [3.8, 4) is 0 Å². The molecule has 3 nitrogen and oxygen atoms in total. The van der Waals surface area contributed by atoms with Gasteiger partial charge in [0.15, 0.2) is 0 Å². The van der Waals surface area contributed by atoms with E-state index in [4.69, 9.17) is 5.73 Å². The Labute approximate surface area is 106 Å². The lowest BCUT2D eigenvalue weighted by Crippen LogP contribution is -2.46. The van der Waals surface area contributed by atoms with Gasteiger partial charge < -0.3 is 11.1 Å². The van der Waals surface area contributed by atoms with Crippen LogP contribution < -0.4 is 11.1 Å². The lowest BCUT2D eigenvalue weighted by atomic mass is 9.73. The summed E-state index contributed by atoms with van der Waals surface area (Å²) in [5.41, 5.74) is 5.81. The highest BCUT2D eigenvalue weighted by Gasteiger charge is 2.32. The van der Waals surface area contributed by atoms with Crippen molar-refractivity contribution in [2.24, 2.45) is 17.1 Å². The van der Waals surface area contributed by atoms with Crippen molar-refractivity contribution in [2.45, 2.75) is 65.3 Å². The summed E-state index contributed by atoms with van der Waals surface area (Å²) >= 11 is 0. The van der Waals surface area contributed by atoms with Gasteiger partial charge in [-0.2, -0.15) is 0 Å². The molecular weight excluding hydrogens is 212 g/mol. The van der Waals surface area contributed by atoms with Crippen LogP contribution in [-0.4, -0.2) is 18.5 Å². The molecule has 0 spiro atoms. The molecule has 1 aliphatic carbocycles. The fourth-order valence-electron chi connectivity index (χ4n) is 2.52. The van der Waals surface area contributed by atoms with Gasteiger partial charge in [-0.25, -0.2) is 0 Å². The summed E-state index contributed by atoms with van der Waals surface area (Å²) in [7, 11) is 0. The van der Waals surface area contributed by atoms with E-state index in [0.29, 0.717) is 24.9 Å². The third-order valence-corrected chi connectivity index (χ3v) is 4.11. The fraction of sp³-hybridized carbons (Fsp3) is 0.929. The summed E-state index contributed by atoms with van der Waals surface area (Å²) in [6.45, 7) is 7.29. The third kappa shape index (κ3) is 4.66. The first-order valence-corrected chi connectivity index (χ1v) is 6.95. The zero-order valence-electron chi connectivity index (χ0n) is 11.6. The SMILES string of the molecule is CC(CN)CCC(=O)NC1CCCCC1(C)C. The maximum Gasteiger partial charge on any atom is 0.220 e. The van der Waals surface area contributed by atoms with E-state index in [9.17, 15) is 4.79 Å². The number of amides is 1. The molecule has 100 valence electrons. The van der Waals surface area contributed by atoms with E-state index in [1.165, 1.54) is 19.3 Å². The highest BCUT2D eigenvalue weighted by atomic mass is 16.1. The van der Waals surface area contributed by atoms with Crippen LogP contribution in [0.4, 0.5) is 0 Å². The molecule has 17 heavy (non-hydrogen) atoms. The summed E-state index contributed by atoms with van der Waals surface area (Å²) in [6, 6.07) is 0.358. The quantitative estimate of drug-likeness (QED) is 0.775. The summed E-state index contributed by atoms with van der Waals surface area (Å²) in [4.78, 5) is 11.9. The minimum atomic E-state index is 0.199. The van der Waals surface area contributed by atoms with E-state index in [1.54, 1.807) is 0 Å². The zero-order chi connectivity index (χ0) is 12.9. The predicted molar refractivity (Wildman–Crippen MR) is 71.6 cm³/mol. The molecule has 1 rings (SSSR count). The van der Waals surface area contributed by atoms with Crippen molar-refractivity contribution >= 4 is 5.91 Å². The highest BCUT2D eigenvalue weighted by Crippen LogP contribution is 2.35. The molecule has 0 aromatic carbocycles. The van der Waals surface area contributed by atoms with Crippen LogP contribution in [-0.2, 0) is 4.79 Å². The Kier molecular flexibility index (Phi) is 5.44. The van der Waals surface area contributed by atoms with E-state index >= 15 is 0 Å². The first kappa shape index (κ1) is 14.5. The van der Waals surface area contributed by atoms with Crippen LogP contribution in [0.25, 0.3) is 0 Å². The van der Waals surface area contributed by atoms with Gasteiger partial charge in [0.1, 0.15) is 0 Å². The van der Waals surface area contributed by atoms with Crippen molar-refractivity contribution in [1.82, 2.24) is 5.32 Å². The minimum Gasteiger partial charge on any atom is -0.353 e. The minimum absolute atomic E-state index is 0.199. The molecule has 1 aliphatic rings. The average molecular weight is 240 g/mol. The van der Waals surface area contributed by atoms with Gasteiger partial charge in [-0.15, -0.1) is 0 Å². The average Bonchev–Trinajstić information content (AvgIpc) is 2.28. The monoisotopic (exact) mass is 240 g/mol. The summed E-state index contributed by atoms with van der Waals surface area (Å²) < 4.78 is 0. The van der Waals surface area contributed by atoms with E-state index < -0.39 is 0 Å². The molecule has 1 fully saturated rings. The second-order valence-electron chi connectivity index (χ2n) is 6.23. The van der Waals surface area contributed by atoms with Crippen LogP contribution in [0.1, 0.15) is 59.3 Å². The van der Waals surface area contributed by atoms with Crippen molar-refractivity contribution in [1.29, 1.82) is 0 Å². The van der Waals surface area contributed by atoms with E-state index in [2.05, 4.69) is 26.1 Å². The molecule has 0 aromatic heterocycles. The van der Waals surface area contributed by atoms with E-state index in [1.807, 2.05) is 0 Å². The molecule has 3 N–H and O–H groups in total. The van der Waals surface area contributed by atoms with Crippen LogP contribution >= 0.6 is 0 Å². The predicted octanol–water partition coefficient (Wildman–Crippen LogP) is 2.45. The molecule has 0 heterocycles. The first-order chi connectivity index (χ1) is 7.95. The molecule has 0 aromatic rings. The molecular formula is C14H28N2O. The first-order valence-electron chi connectivity index (χ1n) is 6.95. The summed E-state index contributed by atoms with van der Waals surface area (Å²) in [5.74, 6) is 0.644. The Morgan fingerprint density at radius 1 is 1.47 bits per heavy atom. The number of hydrogen-bond acceptors (Lipinski definition) is 2. The lowest BCUT2D eigenvalue weighted by Gasteiger charge is -2.39. The maximum atomic E-state index is 11.9. The highest BCUT2D eigenvalue weighted by molar-refractivity contribution is 5.76. The molecule has 0 aliphatic heterocycles. The van der Waals surface area contributed by atoms with Crippen molar-refractivity contribution in [2.75, 3.05) is 6.54 Å². The second kappa shape index (κ2) is 6.39. The van der Waals surface area contributed by atoms with Crippen LogP contribution in [0.2, 0.25) is 0 Å². The van der Waals surface area contributed by atoms with Crippen LogP contribution in [0.15, 0.2) is 0 Å². The number of hydrogen-bond donors (Lipinski definition) is 2. The van der Waals surface area contributed by atoms with Gasteiger partial charge in [0, 0.05) is 12.5 Å². The molecule has 0 radical (unpaired) electrons. The number of rotatable bonds is 5. The fourth-order valence-corrected chi connectivity index (χ4v) is 2.52. The molecule has 1 amide bonds. The topological polar surface area (TPSA) is 55.1 Å². The zero-order valence-corrected chi connectivity index (χ0v) is 11.6. The van der Waals surface area contributed by atoms with E-state index in [0.717, 1.165) is 12.8 Å². The second-order valence-corrected chi connectivity index (χ2v) is 6.23. The lowest BCUT2D eigenvalue weighted by molar-refractivity contribution is -0.123. The Balaban J connectivity index is 2.34. The Hall–Kier alpha value is -0.570. The van der Waals surface area contributed by atoms with E-state index in [-0.39, 0.29) is 11.3 Å². The van der Waals surface area contributed by atoms with Crippen molar-refractivity contribution in [3.05, 3.63) is 0 Å². The molecule has 0 bridgehead atoms. The third-order valence-electron chi connectivity index (χ3n) is 4.11. The van der Waals surface area contributed by atoms with Crippen LogP contribution in [0, 0.1) is 11.3 Å². The van der Waals surface area contributed by atoms with Gasteiger partial charge in [-0.1, -0.05) is 33.6 Å². The normalized spacial score (nSPS) is 25.3. The molecule has 0 saturated heterocycles. The van der Waals surface area contributed by atoms with Crippen molar-refractivity contribution in [3.63, 3.8) is 0 Å². The Bertz CT molecular complexity index is 251. The maximum absolute atomic E-state index is 11.9. The smallest absolute Gasteiger partial charge is 0.220 e. The summed E-state index contributed by atoms with van der Waals surface area (Å²) in [5, 5.41) is 3.21. The molecule has 1 saturated carbocycles. The molecule has 2 atom stereocenters. The van der Waals surface area contributed by atoms with Gasteiger partial charge in [0.2, 0.25) is 5.91 Å². The van der Waals surface area contributed by atoms with Crippen LogP contribution in [0.5, 0.6) is 0 Å². The number of nitrogens with two attached hydrogens (primary N) is 1. The number of carbonyl (C=O) groups is 1. The Morgan fingerprint density at radius 3 is 2.76 bits per heavy atom. The van der Waals surface area contributed by atoms with Gasteiger partial charge in [-0.3, -0.25) is 4.79 Å². The standard InChI is InChI=1S/C14H28N2O/c1-11(10-15)7-8-13(17)16-12-6-4-5-9-14(12,2)3/h11-12H,4-10,15H2,1-3H3,(H,16,17). The van der Waals surface area contributed by atoms with Crippen molar-refractivity contribution < 1.29 is 4.79 Å². The largest absolute Gasteiger partial charge is 0.353 e. The molecule has 2 unspecified atom stereocenters.